The molecule has 0 radical (unpaired) electrons. The van der Waals surface area contributed by atoms with Crippen molar-refractivity contribution in [2.45, 2.75) is 19.9 Å². The second-order valence-electron chi connectivity index (χ2n) is 4.10. The predicted octanol–water partition coefficient (Wildman–Crippen LogP) is 1.42. The molecule has 2 N–H and O–H groups in total. The van der Waals surface area contributed by atoms with Crippen molar-refractivity contribution in [3.63, 3.8) is 0 Å². The molecule has 0 aliphatic carbocycles. The molecule has 0 fully saturated rings. The first kappa shape index (κ1) is 13.5. The molecule has 0 unspecified atom stereocenters. The van der Waals surface area contributed by atoms with Crippen molar-refractivity contribution >= 4 is 5.91 Å². The minimum Gasteiger partial charge on any atom is -0.497 e. The van der Waals surface area contributed by atoms with Crippen LogP contribution in [0.3, 0.4) is 0 Å². The summed E-state index contributed by atoms with van der Waals surface area (Å²) < 4.78 is 5.07. The number of nitrogens with one attached hydrogen (secondary N) is 2. The lowest BCUT2D eigenvalue weighted by molar-refractivity contribution is 0.0953. The average Bonchev–Trinajstić information content (AvgIpc) is 2.34. The van der Waals surface area contributed by atoms with Crippen LogP contribution in [0, 0.1) is 0 Å². The molecule has 4 nitrogen and oxygen atoms in total. The van der Waals surface area contributed by atoms with E-state index >= 15 is 0 Å². The number of amides is 1. The van der Waals surface area contributed by atoms with Crippen LogP contribution in [0.2, 0.25) is 0 Å². The van der Waals surface area contributed by atoms with Gasteiger partial charge in [0.25, 0.3) is 5.91 Å². The third-order valence-electron chi connectivity index (χ3n) is 2.30. The number of benzene rings is 1. The lowest BCUT2D eigenvalue weighted by atomic mass is 10.2. The fourth-order valence-corrected chi connectivity index (χ4v) is 1.40. The Morgan fingerprint density at radius 3 is 2.76 bits per heavy atom. The summed E-state index contributed by atoms with van der Waals surface area (Å²) in [6.07, 6.45) is 0. The molecule has 0 aromatic heterocycles. The zero-order valence-corrected chi connectivity index (χ0v) is 10.6. The first-order valence-corrected chi connectivity index (χ1v) is 5.79. The first-order chi connectivity index (χ1) is 8.13. The summed E-state index contributed by atoms with van der Waals surface area (Å²) in [4.78, 5) is 11.8. The second-order valence-corrected chi connectivity index (χ2v) is 4.10. The first-order valence-electron chi connectivity index (χ1n) is 5.79. The Morgan fingerprint density at radius 1 is 1.35 bits per heavy atom. The van der Waals surface area contributed by atoms with Crippen molar-refractivity contribution in [3.05, 3.63) is 29.8 Å². The van der Waals surface area contributed by atoms with E-state index in [9.17, 15) is 4.79 Å². The van der Waals surface area contributed by atoms with Crippen LogP contribution < -0.4 is 15.4 Å². The zero-order valence-electron chi connectivity index (χ0n) is 10.6. The summed E-state index contributed by atoms with van der Waals surface area (Å²) in [6, 6.07) is 7.56. The molecule has 0 aliphatic heterocycles. The Bertz CT molecular complexity index is 364. The van der Waals surface area contributed by atoms with Crippen LogP contribution in [0.5, 0.6) is 5.75 Å². The molecule has 0 atom stereocenters. The maximum Gasteiger partial charge on any atom is 0.251 e. The molecular weight excluding hydrogens is 216 g/mol. The van der Waals surface area contributed by atoms with Crippen molar-refractivity contribution in [1.82, 2.24) is 10.6 Å². The Labute approximate surface area is 102 Å². The van der Waals surface area contributed by atoms with E-state index < -0.39 is 0 Å². The van der Waals surface area contributed by atoms with Gasteiger partial charge in [0.2, 0.25) is 0 Å². The van der Waals surface area contributed by atoms with Gasteiger partial charge in [-0.3, -0.25) is 4.79 Å². The van der Waals surface area contributed by atoms with Gasteiger partial charge < -0.3 is 15.4 Å². The van der Waals surface area contributed by atoms with Crippen LogP contribution in [-0.2, 0) is 0 Å². The maximum atomic E-state index is 11.8. The SMILES string of the molecule is COc1cccc(C(=O)NCCNC(C)C)c1. The number of carbonyl (C=O) groups excluding carboxylic acids is 1. The molecule has 1 aromatic carbocycles. The Hall–Kier alpha value is -1.55. The van der Waals surface area contributed by atoms with E-state index in [0.29, 0.717) is 23.9 Å². The number of carbonyl (C=O) groups is 1. The van der Waals surface area contributed by atoms with Gasteiger partial charge in [0, 0.05) is 24.7 Å². The quantitative estimate of drug-likeness (QED) is 0.734. The summed E-state index contributed by atoms with van der Waals surface area (Å²) in [5.74, 6) is 0.618. The fraction of sp³-hybridized carbons (Fsp3) is 0.462. The van der Waals surface area contributed by atoms with Crippen LogP contribution in [-0.4, -0.2) is 32.1 Å². The van der Waals surface area contributed by atoms with Crippen LogP contribution >= 0.6 is 0 Å². The van der Waals surface area contributed by atoms with E-state index in [-0.39, 0.29) is 5.91 Å². The van der Waals surface area contributed by atoms with Crippen LogP contribution in [0.4, 0.5) is 0 Å². The van der Waals surface area contributed by atoms with Gasteiger partial charge in [-0.2, -0.15) is 0 Å². The van der Waals surface area contributed by atoms with Gasteiger partial charge in [-0.05, 0) is 18.2 Å². The van der Waals surface area contributed by atoms with Crippen LogP contribution in [0.1, 0.15) is 24.2 Å². The van der Waals surface area contributed by atoms with E-state index in [1.165, 1.54) is 0 Å². The molecular formula is C13H20N2O2. The predicted molar refractivity (Wildman–Crippen MR) is 68.5 cm³/mol. The zero-order chi connectivity index (χ0) is 12.7. The maximum absolute atomic E-state index is 11.8. The summed E-state index contributed by atoms with van der Waals surface area (Å²) in [5.41, 5.74) is 0.619. The average molecular weight is 236 g/mol. The standard InChI is InChI=1S/C13H20N2O2/c1-10(2)14-7-8-15-13(16)11-5-4-6-12(9-11)17-3/h4-6,9-10,14H,7-8H2,1-3H3,(H,15,16). The highest BCUT2D eigenvalue weighted by Gasteiger charge is 2.05. The van der Waals surface area contributed by atoms with Gasteiger partial charge in [-0.15, -0.1) is 0 Å². The van der Waals surface area contributed by atoms with Crippen molar-refractivity contribution in [2.75, 3.05) is 20.2 Å². The minimum absolute atomic E-state index is 0.0746. The smallest absolute Gasteiger partial charge is 0.251 e. The molecule has 1 aromatic rings. The molecule has 17 heavy (non-hydrogen) atoms. The largest absolute Gasteiger partial charge is 0.497 e. The van der Waals surface area contributed by atoms with Gasteiger partial charge in [0.1, 0.15) is 5.75 Å². The molecule has 0 saturated carbocycles. The van der Waals surface area contributed by atoms with Gasteiger partial charge in [0.05, 0.1) is 7.11 Å². The van der Waals surface area contributed by atoms with Crippen molar-refractivity contribution < 1.29 is 9.53 Å². The minimum atomic E-state index is -0.0746. The second kappa shape index (κ2) is 6.91. The van der Waals surface area contributed by atoms with E-state index in [4.69, 9.17) is 4.74 Å². The van der Waals surface area contributed by atoms with Gasteiger partial charge in [0.15, 0.2) is 0 Å². The molecule has 0 bridgehead atoms. The van der Waals surface area contributed by atoms with E-state index in [0.717, 1.165) is 6.54 Å². The highest BCUT2D eigenvalue weighted by molar-refractivity contribution is 5.94. The monoisotopic (exact) mass is 236 g/mol. The van der Waals surface area contributed by atoms with Crippen molar-refractivity contribution in [1.29, 1.82) is 0 Å². The Morgan fingerprint density at radius 2 is 2.12 bits per heavy atom. The summed E-state index contributed by atoms with van der Waals surface area (Å²) in [5, 5.41) is 6.08. The van der Waals surface area contributed by atoms with Crippen LogP contribution in [0.25, 0.3) is 0 Å². The topological polar surface area (TPSA) is 50.4 Å². The molecule has 0 aliphatic rings. The number of rotatable bonds is 6. The molecule has 0 heterocycles. The number of methoxy groups -OCH3 is 1. The molecule has 1 rings (SSSR count). The normalized spacial score (nSPS) is 10.4. The number of ether oxygens (including phenoxy) is 1. The molecule has 1 amide bonds. The van der Waals surface area contributed by atoms with E-state index in [1.807, 2.05) is 6.07 Å². The van der Waals surface area contributed by atoms with Crippen molar-refractivity contribution in [3.8, 4) is 5.75 Å². The van der Waals surface area contributed by atoms with E-state index in [2.05, 4.69) is 24.5 Å². The lowest BCUT2D eigenvalue weighted by Gasteiger charge is -2.09. The van der Waals surface area contributed by atoms with Crippen molar-refractivity contribution in [2.24, 2.45) is 0 Å². The highest BCUT2D eigenvalue weighted by Crippen LogP contribution is 2.11. The summed E-state index contributed by atoms with van der Waals surface area (Å²) in [7, 11) is 1.59. The molecule has 0 spiro atoms. The molecule has 94 valence electrons. The summed E-state index contributed by atoms with van der Waals surface area (Å²) in [6.45, 7) is 5.54. The van der Waals surface area contributed by atoms with E-state index in [1.54, 1.807) is 25.3 Å². The van der Waals surface area contributed by atoms with Gasteiger partial charge >= 0.3 is 0 Å². The van der Waals surface area contributed by atoms with Gasteiger partial charge in [-0.1, -0.05) is 19.9 Å². The Balaban J connectivity index is 2.41. The number of hydrogen-bond donors (Lipinski definition) is 2. The highest BCUT2D eigenvalue weighted by atomic mass is 16.5. The molecule has 0 saturated heterocycles. The lowest BCUT2D eigenvalue weighted by Crippen LogP contribution is -2.34. The third kappa shape index (κ3) is 4.87. The Kier molecular flexibility index (Phi) is 5.49. The third-order valence-corrected chi connectivity index (χ3v) is 2.30. The van der Waals surface area contributed by atoms with Gasteiger partial charge in [-0.25, -0.2) is 0 Å². The number of hydrogen-bond acceptors (Lipinski definition) is 3. The van der Waals surface area contributed by atoms with Crippen LogP contribution in [0.15, 0.2) is 24.3 Å². The summed E-state index contributed by atoms with van der Waals surface area (Å²) >= 11 is 0. The molecule has 4 heteroatoms. The fourth-order valence-electron chi connectivity index (χ4n) is 1.40.